The highest BCUT2D eigenvalue weighted by Gasteiger charge is 2.16. The van der Waals surface area contributed by atoms with Crippen molar-refractivity contribution in [1.29, 1.82) is 0 Å². The Kier molecular flexibility index (Phi) is 4.20. The van der Waals surface area contributed by atoms with Crippen molar-refractivity contribution in [2.24, 2.45) is 7.05 Å². The molecule has 0 aliphatic rings. The fraction of sp³-hybridized carbons (Fsp3) is 0.417. The average molecular weight is 235 g/mol. The van der Waals surface area contributed by atoms with Crippen LogP contribution in [0.1, 0.15) is 28.0 Å². The second kappa shape index (κ2) is 5.43. The largest absolute Gasteiger partial charge is 0.352 e. The van der Waals surface area contributed by atoms with Crippen LogP contribution in [0.3, 0.4) is 0 Å². The molecule has 1 N–H and O–H groups in total. The summed E-state index contributed by atoms with van der Waals surface area (Å²) < 4.78 is 1.19. The maximum absolute atomic E-state index is 11.9. The molecule has 92 valence electrons. The van der Waals surface area contributed by atoms with E-state index in [1.54, 1.807) is 19.9 Å². The highest BCUT2D eigenvalue weighted by atomic mass is 16.2. The predicted octanol–water partition coefficient (Wildman–Crippen LogP) is 0.703. The lowest BCUT2D eigenvalue weighted by molar-refractivity contribution is 0.0951. The van der Waals surface area contributed by atoms with Gasteiger partial charge in [0.2, 0.25) is 0 Å². The van der Waals surface area contributed by atoms with Gasteiger partial charge in [0, 0.05) is 13.6 Å². The molecule has 0 unspecified atom stereocenters. The second-order valence-corrected chi connectivity index (χ2v) is 3.85. The number of carbonyl (C=O) groups is 1. The molecule has 0 aliphatic heterocycles. The van der Waals surface area contributed by atoms with Crippen LogP contribution in [0.25, 0.3) is 0 Å². The third-order valence-electron chi connectivity index (χ3n) is 2.59. The molecular weight excluding hydrogens is 218 g/mol. The third kappa shape index (κ3) is 2.81. The third-order valence-corrected chi connectivity index (χ3v) is 2.59. The molecular formula is C12H17N3O2. The van der Waals surface area contributed by atoms with Gasteiger partial charge in [0.05, 0.1) is 5.69 Å². The van der Waals surface area contributed by atoms with Crippen LogP contribution in [0.15, 0.2) is 17.4 Å². The number of hydrogen-bond donors (Lipinski definition) is 1. The Balaban J connectivity index is 3.08. The van der Waals surface area contributed by atoms with E-state index in [0.29, 0.717) is 24.2 Å². The van der Waals surface area contributed by atoms with Gasteiger partial charge in [-0.25, -0.2) is 4.68 Å². The van der Waals surface area contributed by atoms with Crippen molar-refractivity contribution < 1.29 is 4.79 Å². The SMILES string of the molecule is C=CCCNC(=O)c1c(C)c(C)nn(C)c1=O. The maximum Gasteiger partial charge on any atom is 0.279 e. The van der Waals surface area contributed by atoms with E-state index in [1.807, 2.05) is 0 Å². The number of aromatic nitrogens is 2. The van der Waals surface area contributed by atoms with Crippen molar-refractivity contribution >= 4 is 5.91 Å². The van der Waals surface area contributed by atoms with Crippen LogP contribution in [0, 0.1) is 13.8 Å². The molecule has 0 fully saturated rings. The van der Waals surface area contributed by atoms with Crippen LogP contribution in [0.2, 0.25) is 0 Å². The van der Waals surface area contributed by atoms with E-state index in [1.165, 1.54) is 11.7 Å². The van der Waals surface area contributed by atoms with Crippen molar-refractivity contribution in [3.05, 3.63) is 39.8 Å². The number of rotatable bonds is 4. The molecule has 0 atom stereocenters. The standard InChI is InChI=1S/C12H17N3O2/c1-5-6-7-13-11(16)10-8(2)9(3)14-15(4)12(10)17/h5H,1,6-7H2,2-4H3,(H,13,16). The Morgan fingerprint density at radius 1 is 1.53 bits per heavy atom. The highest BCUT2D eigenvalue weighted by Crippen LogP contribution is 2.05. The van der Waals surface area contributed by atoms with Crippen LogP contribution in [-0.2, 0) is 7.05 Å². The maximum atomic E-state index is 11.9. The molecule has 5 nitrogen and oxygen atoms in total. The molecule has 0 bridgehead atoms. The quantitative estimate of drug-likeness (QED) is 0.617. The Morgan fingerprint density at radius 2 is 2.18 bits per heavy atom. The number of nitrogens with zero attached hydrogens (tertiary/aromatic N) is 2. The van der Waals surface area contributed by atoms with Crippen molar-refractivity contribution in [3.8, 4) is 0 Å². The van der Waals surface area contributed by atoms with Crippen molar-refractivity contribution in [2.75, 3.05) is 6.54 Å². The number of amides is 1. The smallest absolute Gasteiger partial charge is 0.279 e. The average Bonchev–Trinajstić information content (AvgIpc) is 2.27. The van der Waals surface area contributed by atoms with Crippen LogP contribution >= 0.6 is 0 Å². The van der Waals surface area contributed by atoms with Crippen molar-refractivity contribution in [1.82, 2.24) is 15.1 Å². The highest BCUT2D eigenvalue weighted by molar-refractivity contribution is 5.95. The molecule has 1 aromatic rings. The molecule has 0 radical (unpaired) electrons. The van der Waals surface area contributed by atoms with Gasteiger partial charge in [0.15, 0.2) is 0 Å². The first-order chi connectivity index (χ1) is 7.99. The molecule has 0 aromatic carbocycles. The molecule has 0 saturated heterocycles. The second-order valence-electron chi connectivity index (χ2n) is 3.85. The van der Waals surface area contributed by atoms with E-state index in [9.17, 15) is 9.59 Å². The summed E-state index contributed by atoms with van der Waals surface area (Å²) >= 11 is 0. The molecule has 1 heterocycles. The van der Waals surface area contributed by atoms with Gasteiger partial charge in [-0.05, 0) is 25.8 Å². The first-order valence-corrected chi connectivity index (χ1v) is 5.42. The van der Waals surface area contributed by atoms with Gasteiger partial charge in [-0.15, -0.1) is 6.58 Å². The first kappa shape index (κ1) is 13.2. The van der Waals surface area contributed by atoms with Crippen LogP contribution in [0.5, 0.6) is 0 Å². The number of nitrogens with one attached hydrogen (secondary N) is 1. The van der Waals surface area contributed by atoms with E-state index in [4.69, 9.17) is 0 Å². The zero-order valence-electron chi connectivity index (χ0n) is 10.4. The van der Waals surface area contributed by atoms with E-state index in [2.05, 4.69) is 17.0 Å². The zero-order valence-corrected chi connectivity index (χ0v) is 10.4. The Morgan fingerprint density at radius 3 is 2.76 bits per heavy atom. The topological polar surface area (TPSA) is 64.0 Å². The molecule has 1 amide bonds. The normalized spacial score (nSPS) is 10.1. The van der Waals surface area contributed by atoms with Gasteiger partial charge in [-0.1, -0.05) is 6.08 Å². The lowest BCUT2D eigenvalue weighted by atomic mass is 10.1. The van der Waals surface area contributed by atoms with Crippen LogP contribution in [0.4, 0.5) is 0 Å². The Bertz CT molecular complexity index is 503. The van der Waals surface area contributed by atoms with E-state index in [0.717, 1.165) is 0 Å². The number of aryl methyl sites for hydroxylation is 2. The van der Waals surface area contributed by atoms with Crippen molar-refractivity contribution in [3.63, 3.8) is 0 Å². The minimum absolute atomic E-state index is 0.170. The molecule has 1 rings (SSSR count). The molecule has 1 aromatic heterocycles. The predicted molar refractivity (Wildman–Crippen MR) is 66.1 cm³/mol. The first-order valence-electron chi connectivity index (χ1n) is 5.42. The minimum atomic E-state index is -0.371. The fourth-order valence-corrected chi connectivity index (χ4v) is 1.49. The van der Waals surface area contributed by atoms with E-state index < -0.39 is 0 Å². The van der Waals surface area contributed by atoms with Gasteiger partial charge in [0.1, 0.15) is 5.56 Å². The molecule has 17 heavy (non-hydrogen) atoms. The molecule has 0 saturated carbocycles. The van der Waals surface area contributed by atoms with Gasteiger partial charge < -0.3 is 5.32 Å². The zero-order chi connectivity index (χ0) is 13.0. The van der Waals surface area contributed by atoms with Crippen molar-refractivity contribution in [2.45, 2.75) is 20.3 Å². The van der Waals surface area contributed by atoms with Gasteiger partial charge in [-0.3, -0.25) is 9.59 Å². The van der Waals surface area contributed by atoms with E-state index in [-0.39, 0.29) is 17.0 Å². The molecule has 5 heteroatoms. The van der Waals surface area contributed by atoms with Crippen LogP contribution in [-0.4, -0.2) is 22.2 Å². The lowest BCUT2D eigenvalue weighted by Crippen LogP contribution is -2.35. The minimum Gasteiger partial charge on any atom is -0.352 e. The number of carbonyl (C=O) groups excluding carboxylic acids is 1. The Labute approximate surface area is 100 Å². The van der Waals surface area contributed by atoms with Gasteiger partial charge >= 0.3 is 0 Å². The van der Waals surface area contributed by atoms with Gasteiger partial charge in [-0.2, -0.15) is 5.10 Å². The summed E-state index contributed by atoms with van der Waals surface area (Å²) in [6.45, 7) is 7.55. The van der Waals surface area contributed by atoms with E-state index >= 15 is 0 Å². The van der Waals surface area contributed by atoms with Crippen LogP contribution < -0.4 is 10.9 Å². The summed E-state index contributed by atoms with van der Waals surface area (Å²) in [6.07, 6.45) is 2.39. The van der Waals surface area contributed by atoms with Gasteiger partial charge in [0.25, 0.3) is 11.5 Å². The summed E-state index contributed by atoms with van der Waals surface area (Å²) in [4.78, 5) is 23.7. The summed E-state index contributed by atoms with van der Waals surface area (Å²) in [7, 11) is 1.54. The summed E-state index contributed by atoms with van der Waals surface area (Å²) in [5.74, 6) is -0.351. The summed E-state index contributed by atoms with van der Waals surface area (Å²) in [5.41, 5.74) is 1.11. The Hall–Kier alpha value is -1.91. The fourth-order valence-electron chi connectivity index (χ4n) is 1.49. The monoisotopic (exact) mass is 235 g/mol. The molecule has 0 aliphatic carbocycles. The lowest BCUT2D eigenvalue weighted by Gasteiger charge is -2.09. The molecule has 0 spiro atoms. The summed E-state index contributed by atoms with van der Waals surface area (Å²) in [5, 5.41) is 6.70. The number of hydrogen-bond acceptors (Lipinski definition) is 3. The summed E-state index contributed by atoms with van der Waals surface area (Å²) in [6, 6.07) is 0.